The van der Waals surface area contributed by atoms with E-state index < -0.39 is 15.8 Å². The molecule has 1 aromatic carbocycles. The molecule has 2 N–H and O–H groups in total. The molecule has 4 nitrogen and oxygen atoms in total. The molecule has 0 aliphatic carbocycles. The Bertz CT molecular complexity index is 537. The summed E-state index contributed by atoms with van der Waals surface area (Å²) in [6, 6.07) is 4.16. The fourth-order valence-corrected chi connectivity index (χ4v) is 3.68. The molecule has 0 aromatic heterocycles. The first-order valence-electron chi connectivity index (χ1n) is 5.93. The lowest BCUT2D eigenvalue weighted by molar-refractivity contribution is 0.319. The van der Waals surface area contributed by atoms with E-state index in [1.807, 2.05) is 0 Å². The maximum absolute atomic E-state index is 13.7. The number of rotatable bonds is 2. The number of benzene rings is 1. The highest BCUT2D eigenvalue weighted by atomic mass is 32.2. The number of aryl methyl sites for hydroxylation is 1. The molecular weight excluding hydrogens is 255 g/mol. The van der Waals surface area contributed by atoms with E-state index in [9.17, 15) is 12.8 Å². The minimum atomic E-state index is -3.74. The van der Waals surface area contributed by atoms with E-state index in [0.717, 1.165) is 5.56 Å². The predicted octanol–water partition coefficient (Wildman–Crippen LogP) is 1.25. The first-order chi connectivity index (χ1) is 8.41. The van der Waals surface area contributed by atoms with Gasteiger partial charge in [-0.3, -0.25) is 0 Å². The Hall–Kier alpha value is -0.980. The van der Waals surface area contributed by atoms with Crippen molar-refractivity contribution in [3.8, 4) is 0 Å². The number of sulfonamides is 1. The predicted molar refractivity (Wildman–Crippen MR) is 67.1 cm³/mol. The number of piperidine rings is 1. The fraction of sp³-hybridized carbons (Fsp3) is 0.500. The van der Waals surface area contributed by atoms with E-state index >= 15 is 0 Å². The zero-order chi connectivity index (χ0) is 13.3. The third-order valence-electron chi connectivity index (χ3n) is 3.20. The van der Waals surface area contributed by atoms with Gasteiger partial charge in [0, 0.05) is 19.1 Å². The molecule has 0 saturated carbocycles. The van der Waals surface area contributed by atoms with Gasteiger partial charge in [-0.15, -0.1) is 0 Å². The van der Waals surface area contributed by atoms with E-state index in [4.69, 9.17) is 5.73 Å². The van der Waals surface area contributed by atoms with Gasteiger partial charge in [0.15, 0.2) is 0 Å². The van der Waals surface area contributed by atoms with Gasteiger partial charge in [-0.2, -0.15) is 4.31 Å². The highest BCUT2D eigenvalue weighted by Crippen LogP contribution is 2.23. The van der Waals surface area contributed by atoms with Crippen LogP contribution >= 0.6 is 0 Å². The van der Waals surface area contributed by atoms with Crippen LogP contribution in [0.3, 0.4) is 0 Å². The summed E-state index contributed by atoms with van der Waals surface area (Å²) in [6.45, 7) is 2.46. The van der Waals surface area contributed by atoms with Crippen LogP contribution in [0.5, 0.6) is 0 Å². The summed E-state index contributed by atoms with van der Waals surface area (Å²) in [5.41, 5.74) is 6.46. The number of hydrogen-bond donors (Lipinski definition) is 1. The van der Waals surface area contributed by atoms with Crippen molar-refractivity contribution in [2.24, 2.45) is 5.73 Å². The number of nitrogens with two attached hydrogens (primary N) is 1. The van der Waals surface area contributed by atoms with Crippen LogP contribution in [0.4, 0.5) is 4.39 Å². The summed E-state index contributed by atoms with van der Waals surface area (Å²) in [6.07, 6.45) is 1.24. The molecule has 2 rings (SSSR count). The summed E-state index contributed by atoms with van der Waals surface area (Å²) in [4.78, 5) is -0.238. The van der Waals surface area contributed by atoms with E-state index in [-0.39, 0.29) is 10.9 Å². The summed E-state index contributed by atoms with van der Waals surface area (Å²) in [7, 11) is -3.74. The van der Waals surface area contributed by atoms with Crippen molar-refractivity contribution in [2.75, 3.05) is 13.1 Å². The average molecular weight is 272 g/mol. The second-order valence-electron chi connectivity index (χ2n) is 4.68. The van der Waals surface area contributed by atoms with Crippen LogP contribution in [-0.4, -0.2) is 31.9 Å². The molecule has 1 aliphatic heterocycles. The molecule has 1 fully saturated rings. The van der Waals surface area contributed by atoms with Crippen molar-refractivity contribution < 1.29 is 12.8 Å². The minimum Gasteiger partial charge on any atom is -0.328 e. The lowest BCUT2D eigenvalue weighted by Crippen LogP contribution is -2.43. The second kappa shape index (κ2) is 4.95. The highest BCUT2D eigenvalue weighted by molar-refractivity contribution is 7.89. The van der Waals surface area contributed by atoms with Crippen molar-refractivity contribution >= 4 is 10.0 Å². The number of nitrogens with zero attached hydrogens (tertiary/aromatic N) is 1. The van der Waals surface area contributed by atoms with Crippen molar-refractivity contribution in [3.63, 3.8) is 0 Å². The minimum absolute atomic E-state index is 0.0406. The molecule has 0 radical (unpaired) electrons. The first kappa shape index (κ1) is 13.5. The first-order valence-corrected chi connectivity index (χ1v) is 7.37. The molecule has 0 spiro atoms. The van der Waals surface area contributed by atoms with Gasteiger partial charge in [0.05, 0.1) is 0 Å². The summed E-state index contributed by atoms with van der Waals surface area (Å²) >= 11 is 0. The van der Waals surface area contributed by atoms with Crippen molar-refractivity contribution in [3.05, 3.63) is 29.6 Å². The average Bonchev–Trinajstić information content (AvgIpc) is 2.32. The Morgan fingerprint density at radius 3 is 2.56 bits per heavy atom. The van der Waals surface area contributed by atoms with Crippen LogP contribution in [0.1, 0.15) is 18.4 Å². The number of hydrogen-bond acceptors (Lipinski definition) is 3. The third kappa shape index (κ3) is 2.55. The van der Waals surface area contributed by atoms with Gasteiger partial charge in [-0.05, 0) is 37.5 Å². The van der Waals surface area contributed by atoms with Crippen molar-refractivity contribution in [1.82, 2.24) is 4.31 Å². The van der Waals surface area contributed by atoms with Crippen LogP contribution in [0.15, 0.2) is 23.1 Å². The normalized spacial score (nSPS) is 19.1. The van der Waals surface area contributed by atoms with Crippen LogP contribution in [0, 0.1) is 12.7 Å². The van der Waals surface area contributed by atoms with Crippen molar-refractivity contribution in [2.45, 2.75) is 30.7 Å². The van der Waals surface area contributed by atoms with E-state index in [1.54, 1.807) is 13.0 Å². The van der Waals surface area contributed by atoms with Crippen LogP contribution in [0.25, 0.3) is 0 Å². The Labute approximate surface area is 107 Å². The smallest absolute Gasteiger partial charge is 0.245 e. The molecule has 0 atom stereocenters. The molecule has 0 bridgehead atoms. The van der Waals surface area contributed by atoms with E-state index in [2.05, 4.69) is 0 Å². The topological polar surface area (TPSA) is 63.4 Å². The molecule has 1 heterocycles. The molecule has 1 aromatic rings. The third-order valence-corrected chi connectivity index (χ3v) is 5.12. The monoisotopic (exact) mass is 272 g/mol. The lowest BCUT2D eigenvalue weighted by Gasteiger charge is -2.29. The van der Waals surface area contributed by atoms with Crippen LogP contribution < -0.4 is 5.73 Å². The van der Waals surface area contributed by atoms with Gasteiger partial charge < -0.3 is 5.73 Å². The molecule has 100 valence electrons. The molecule has 18 heavy (non-hydrogen) atoms. The second-order valence-corrected chi connectivity index (χ2v) is 6.58. The van der Waals surface area contributed by atoms with E-state index in [0.29, 0.717) is 25.9 Å². The van der Waals surface area contributed by atoms with Crippen molar-refractivity contribution in [1.29, 1.82) is 0 Å². The summed E-state index contributed by atoms with van der Waals surface area (Å²) < 4.78 is 39.6. The molecule has 0 amide bonds. The Morgan fingerprint density at radius 2 is 1.94 bits per heavy atom. The standard InChI is InChI=1S/C12H17FN2O2S/c1-9-2-3-11(13)12(8-9)18(16,17)15-6-4-10(14)5-7-15/h2-3,8,10H,4-7,14H2,1H3. The number of halogens is 1. The SMILES string of the molecule is Cc1ccc(F)c(S(=O)(=O)N2CCC(N)CC2)c1. The quantitative estimate of drug-likeness (QED) is 0.881. The van der Waals surface area contributed by atoms with Gasteiger partial charge in [0.1, 0.15) is 10.7 Å². The van der Waals surface area contributed by atoms with Crippen LogP contribution in [-0.2, 0) is 10.0 Å². The molecule has 0 unspecified atom stereocenters. The molecule has 1 aliphatic rings. The zero-order valence-corrected chi connectivity index (χ0v) is 11.1. The summed E-state index contributed by atoms with van der Waals surface area (Å²) in [5.74, 6) is -0.699. The summed E-state index contributed by atoms with van der Waals surface area (Å²) in [5, 5.41) is 0. The largest absolute Gasteiger partial charge is 0.328 e. The van der Waals surface area contributed by atoms with Gasteiger partial charge >= 0.3 is 0 Å². The van der Waals surface area contributed by atoms with Gasteiger partial charge in [-0.1, -0.05) is 6.07 Å². The Kier molecular flexibility index (Phi) is 3.70. The van der Waals surface area contributed by atoms with Gasteiger partial charge in [0.25, 0.3) is 0 Å². The van der Waals surface area contributed by atoms with Gasteiger partial charge in [-0.25, -0.2) is 12.8 Å². The van der Waals surface area contributed by atoms with Crippen LogP contribution in [0.2, 0.25) is 0 Å². The fourth-order valence-electron chi connectivity index (χ4n) is 2.06. The van der Waals surface area contributed by atoms with Gasteiger partial charge in [0.2, 0.25) is 10.0 Å². The Morgan fingerprint density at radius 1 is 1.33 bits per heavy atom. The Balaban J connectivity index is 2.33. The molecule has 6 heteroatoms. The molecular formula is C12H17FN2O2S. The highest BCUT2D eigenvalue weighted by Gasteiger charge is 2.30. The van der Waals surface area contributed by atoms with E-state index in [1.165, 1.54) is 16.4 Å². The lowest BCUT2D eigenvalue weighted by atomic mass is 10.1. The maximum atomic E-state index is 13.7. The maximum Gasteiger partial charge on any atom is 0.245 e. The molecule has 1 saturated heterocycles. The zero-order valence-electron chi connectivity index (χ0n) is 10.3.